The van der Waals surface area contributed by atoms with Crippen LogP contribution in [-0.2, 0) is 11.3 Å². The number of nitrogens with one attached hydrogen (secondary N) is 1. The van der Waals surface area contributed by atoms with Gasteiger partial charge in [-0.25, -0.2) is 4.39 Å². The fourth-order valence-electron chi connectivity index (χ4n) is 2.28. The predicted molar refractivity (Wildman–Crippen MR) is 99.5 cm³/mol. The molecule has 1 aromatic carbocycles. The first kappa shape index (κ1) is 18.1. The second kappa shape index (κ2) is 8.12. The van der Waals surface area contributed by atoms with Gasteiger partial charge in [0.05, 0.1) is 11.3 Å². The van der Waals surface area contributed by atoms with Gasteiger partial charge in [-0.3, -0.25) is 4.79 Å². The normalized spacial score (nSPS) is 10.5. The summed E-state index contributed by atoms with van der Waals surface area (Å²) in [6, 6.07) is 9.73. The van der Waals surface area contributed by atoms with Gasteiger partial charge >= 0.3 is 0 Å². The molecule has 0 atom stereocenters. The molecule has 132 valence electrons. The van der Waals surface area contributed by atoms with Crippen molar-refractivity contribution in [2.45, 2.75) is 18.6 Å². The Morgan fingerprint density at radius 2 is 2.12 bits per heavy atom. The average Bonchev–Trinajstić information content (AvgIpc) is 3.26. The number of benzene rings is 1. The smallest absolute Gasteiger partial charge is 0.235 e. The van der Waals surface area contributed by atoms with Crippen LogP contribution < -0.4 is 5.32 Å². The molecular formula is C17H14FN5OS2. The number of nitrogens with zero attached hydrogens (tertiary/aromatic N) is 4. The van der Waals surface area contributed by atoms with E-state index in [0.29, 0.717) is 28.1 Å². The van der Waals surface area contributed by atoms with Crippen molar-refractivity contribution < 1.29 is 9.18 Å². The molecule has 0 spiro atoms. The van der Waals surface area contributed by atoms with Crippen LogP contribution in [0.5, 0.6) is 0 Å². The molecule has 0 saturated carbocycles. The first-order valence-electron chi connectivity index (χ1n) is 7.71. The highest BCUT2D eigenvalue weighted by molar-refractivity contribution is 7.99. The van der Waals surface area contributed by atoms with Crippen LogP contribution in [0, 0.1) is 17.1 Å². The second-order valence-electron chi connectivity index (χ2n) is 5.17. The summed E-state index contributed by atoms with van der Waals surface area (Å²) < 4.78 is 15.0. The highest BCUT2D eigenvalue weighted by Gasteiger charge is 2.15. The Morgan fingerprint density at radius 1 is 1.35 bits per heavy atom. The maximum atomic E-state index is 13.1. The summed E-state index contributed by atoms with van der Waals surface area (Å²) in [4.78, 5) is 12.1. The zero-order valence-corrected chi connectivity index (χ0v) is 15.4. The molecule has 0 aliphatic rings. The SMILES string of the molecule is CCn1c(SCC(=O)Nc2sccc2C#N)nnc1-c1ccc(F)cc1. The van der Waals surface area contributed by atoms with E-state index in [-0.39, 0.29) is 17.5 Å². The van der Waals surface area contributed by atoms with Gasteiger partial charge in [0.15, 0.2) is 11.0 Å². The van der Waals surface area contributed by atoms with E-state index in [1.807, 2.05) is 17.6 Å². The van der Waals surface area contributed by atoms with E-state index < -0.39 is 0 Å². The Hall–Kier alpha value is -2.70. The van der Waals surface area contributed by atoms with Gasteiger partial charge in [0.2, 0.25) is 5.91 Å². The summed E-state index contributed by atoms with van der Waals surface area (Å²) in [5, 5.41) is 22.9. The van der Waals surface area contributed by atoms with Crippen molar-refractivity contribution in [2.75, 3.05) is 11.1 Å². The molecule has 2 heterocycles. The Kier molecular flexibility index (Phi) is 5.65. The largest absolute Gasteiger partial charge is 0.316 e. The summed E-state index contributed by atoms with van der Waals surface area (Å²) in [5.74, 6) is 0.237. The predicted octanol–water partition coefficient (Wildman–Crippen LogP) is 3.77. The van der Waals surface area contributed by atoms with Crippen LogP contribution in [-0.4, -0.2) is 26.4 Å². The van der Waals surface area contributed by atoms with Gasteiger partial charge in [-0.15, -0.1) is 21.5 Å². The van der Waals surface area contributed by atoms with E-state index in [0.717, 1.165) is 5.56 Å². The van der Waals surface area contributed by atoms with Crippen molar-refractivity contribution in [3.05, 3.63) is 47.1 Å². The standard InChI is InChI=1S/C17H14FN5OS2/c1-2-23-15(11-3-5-13(18)6-4-11)21-22-17(23)26-10-14(24)20-16-12(9-19)7-8-25-16/h3-8H,2,10H2,1H3,(H,20,24). The number of hydrogen-bond donors (Lipinski definition) is 1. The third kappa shape index (κ3) is 3.92. The van der Waals surface area contributed by atoms with Gasteiger partial charge in [-0.05, 0) is 42.6 Å². The van der Waals surface area contributed by atoms with E-state index >= 15 is 0 Å². The second-order valence-corrected chi connectivity index (χ2v) is 7.03. The van der Waals surface area contributed by atoms with Crippen LogP contribution in [0.25, 0.3) is 11.4 Å². The monoisotopic (exact) mass is 387 g/mol. The average molecular weight is 387 g/mol. The lowest BCUT2D eigenvalue weighted by Crippen LogP contribution is -2.14. The number of nitriles is 1. The number of amides is 1. The molecule has 2 aromatic heterocycles. The Bertz CT molecular complexity index is 958. The molecule has 0 aliphatic carbocycles. The van der Waals surface area contributed by atoms with Gasteiger partial charge in [-0.1, -0.05) is 11.8 Å². The van der Waals surface area contributed by atoms with Crippen LogP contribution in [0.4, 0.5) is 9.39 Å². The Balaban J connectivity index is 1.69. The number of carbonyl (C=O) groups excluding carboxylic acids is 1. The minimum Gasteiger partial charge on any atom is -0.316 e. The molecule has 3 rings (SSSR count). The number of carbonyl (C=O) groups is 1. The molecule has 6 nitrogen and oxygen atoms in total. The number of aromatic nitrogens is 3. The third-order valence-electron chi connectivity index (χ3n) is 3.51. The molecule has 0 unspecified atom stereocenters. The lowest BCUT2D eigenvalue weighted by atomic mass is 10.2. The fourth-order valence-corrected chi connectivity index (χ4v) is 3.84. The minimum atomic E-state index is -0.312. The molecule has 0 bridgehead atoms. The zero-order valence-electron chi connectivity index (χ0n) is 13.8. The van der Waals surface area contributed by atoms with Gasteiger partial charge in [-0.2, -0.15) is 5.26 Å². The first-order valence-corrected chi connectivity index (χ1v) is 9.58. The van der Waals surface area contributed by atoms with E-state index in [9.17, 15) is 9.18 Å². The van der Waals surface area contributed by atoms with Crippen LogP contribution in [0.1, 0.15) is 12.5 Å². The molecular weight excluding hydrogens is 373 g/mol. The number of halogens is 1. The van der Waals surface area contributed by atoms with Crippen LogP contribution in [0.15, 0.2) is 40.9 Å². The van der Waals surface area contributed by atoms with E-state index in [2.05, 4.69) is 15.5 Å². The quantitative estimate of drug-likeness (QED) is 0.651. The number of anilines is 1. The van der Waals surface area contributed by atoms with Crippen molar-refractivity contribution in [3.63, 3.8) is 0 Å². The Morgan fingerprint density at radius 3 is 2.81 bits per heavy atom. The van der Waals surface area contributed by atoms with E-state index in [1.54, 1.807) is 23.6 Å². The molecule has 1 amide bonds. The zero-order chi connectivity index (χ0) is 18.5. The van der Waals surface area contributed by atoms with Crippen molar-refractivity contribution in [1.29, 1.82) is 5.26 Å². The minimum absolute atomic E-state index is 0.143. The van der Waals surface area contributed by atoms with Crippen molar-refractivity contribution in [1.82, 2.24) is 14.8 Å². The highest BCUT2D eigenvalue weighted by atomic mass is 32.2. The molecule has 0 fully saturated rings. The van der Waals surface area contributed by atoms with Crippen LogP contribution >= 0.6 is 23.1 Å². The van der Waals surface area contributed by atoms with Gasteiger partial charge in [0.1, 0.15) is 16.9 Å². The molecule has 9 heteroatoms. The molecule has 26 heavy (non-hydrogen) atoms. The van der Waals surface area contributed by atoms with Gasteiger partial charge in [0.25, 0.3) is 0 Å². The number of hydrogen-bond acceptors (Lipinski definition) is 6. The third-order valence-corrected chi connectivity index (χ3v) is 5.30. The topological polar surface area (TPSA) is 83.6 Å². The maximum Gasteiger partial charge on any atom is 0.235 e. The maximum absolute atomic E-state index is 13.1. The van der Waals surface area contributed by atoms with Crippen molar-refractivity contribution in [2.24, 2.45) is 0 Å². The lowest BCUT2D eigenvalue weighted by Gasteiger charge is -2.07. The molecule has 3 aromatic rings. The van der Waals surface area contributed by atoms with Crippen LogP contribution in [0.3, 0.4) is 0 Å². The number of rotatable bonds is 6. The highest BCUT2D eigenvalue weighted by Crippen LogP contribution is 2.25. The lowest BCUT2D eigenvalue weighted by molar-refractivity contribution is -0.113. The molecule has 1 N–H and O–H groups in total. The van der Waals surface area contributed by atoms with Crippen molar-refractivity contribution in [3.8, 4) is 17.5 Å². The first-order chi connectivity index (χ1) is 12.6. The van der Waals surface area contributed by atoms with Gasteiger partial charge < -0.3 is 9.88 Å². The summed E-state index contributed by atoms with van der Waals surface area (Å²) in [6.45, 7) is 2.57. The molecule has 0 aliphatic heterocycles. The number of thiophene rings is 1. The van der Waals surface area contributed by atoms with E-state index in [1.165, 1.54) is 35.2 Å². The van der Waals surface area contributed by atoms with Crippen molar-refractivity contribution >= 4 is 34.0 Å². The fraction of sp³-hybridized carbons (Fsp3) is 0.176. The number of thioether (sulfide) groups is 1. The summed E-state index contributed by atoms with van der Waals surface area (Å²) in [5.41, 5.74) is 1.21. The van der Waals surface area contributed by atoms with Gasteiger partial charge in [0, 0.05) is 12.1 Å². The van der Waals surface area contributed by atoms with E-state index in [4.69, 9.17) is 5.26 Å². The molecule has 0 saturated heterocycles. The summed E-state index contributed by atoms with van der Waals surface area (Å²) in [6.07, 6.45) is 0. The Labute approximate surface area is 157 Å². The molecule has 0 radical (unpaired) electrons. The van der Waals surface area contributed by atoms with Crippen LogP contribution in [0.2, 0.25) is 0 Å². The summed E-state index contributed by atoms with van der Waals surface area (Å²) in [7, 11) is 0. The summed E-state index contributed by atoms with van der Waals surface area (Å²) >= 11 is 2.57.